The molecule has 0 amide bonds. The summed E-state index contributed by atoms with van der Waals surface area (Å²) in [5.74, 6) is -0.466. The van der Waals surface area contributed by atoms with Gasteiger partial charge in [-0.15, -0.1) is 0 Å². The number of phosphoric ester groups is 1. The van der Waals surface area contributed by atoms with Crippen molar-refractivity contribution in [3.8, 4) is 0 Å². The number of ether oxygens (including phenoxy) is 2. The molecule has 4 unspecified atom stereocenters. The van der Waals surface area contributed by atoms with E-state index >= 15 is 0 Å². The maximum Gasteiger partial charge on any atom is 0.481 e. The molecule has 0 bridgehead atoms. The third-order valence-electron chi connectivity index (χ3n) is 3.91. The van der Waals surface area contributed by atoms with Crippen LogP contribution in [0.5, 0.6) is 0 Å². The molecule has 0 aromatic heterocycles. The molecular formula is C16H32O11P2. The summed E-state index contributed by atoms with van der Waals surface area (Å²) in [5, 5.41) is 10.3. The fourth-order valence-electron chi connectivity index (χ4n) is 2.34. The molecule has 0 aromatic rings. The fraction of sp³-hybridized carbons (Fsp3) is 0.812. The van der Waals surface area contributed by atoms with Crippen LogP contribution in [0.15, 0.2) is 12.7 Å². The van der Waals surface area contributed by atoms with Crippen molar-refractivity contribution in [2.24, 2.45) is 5.92 Å². The lowest BCUT2D eigenvalue weighted by molar-refractivity contribution is -0.139. The van der Waals surface area contributed by atoms with Crippen LogP contribution in [0.25, 0.3) is 0 Å². The normalized spacial score (nSPS) is 17.2. The maximum absolute atomic E-state index is 11.8. The Bertz CT molecular complexity index is 577. The first-order chi connectivity index (χ1) is 13.4. The number of hydrogen-bond donors (Lipinski definition) is 4. The third kappa shape index (κ3) is 14.9. The second-order valence-electron chi connectivity index (χ2n) is 6.37. The number of carbonyl (C=O) groups is 1. The predicted molar refractivity (Wildman–Crippen MR) is 104 cm³/mol. The summed E-state index contributed by atoms with van der Waals surface area (Å²) in [4.78, 5) is 38.0. The van der Waals surface area contributed by atoms with E-state index in [4.69, 9.17) is 19.3 Å². The smallest absolute Gasteiger partial charge is 0.462 e. The van der Waals surface area contributed by atoms with Crippen molar-refractivity contribution in [2.75, 3.05) is 19.8 Å². The van der Waals surface area contributed by atoms with Gasteiger partial charge in [0.25, 0.3) is 0 Å². The molecule has 172 valence electrons. The van der Waals surface area contributed by atoms with Crippen LogP contribution in [-0.2, 0) is 32.2 Å². The molecular weight excluding hydrogens is 430 g/mol. The first kappa shape index (κ1) is 28.4. The molecule has 4 N–H and O–H groups in total. The molecule has 0 radical (unpaired) electrons. The van der Waals surface area contributed by atoms with E-state index in [1.807, 2.05) is 6.92 Å². The summed E-state index contributed by atoms with van der Waals surface area (Å²) >= 11 is 0. The van der Waals surface area contributed by atoms with Crippen LogP contribution in [0.3, 0.4) is 0 Å². The highest BCUT2D eigenvalue weighted by Crippen LogP contribution is 2.58. The van der Waals surface area contributed by atoms with Gasteiger partial charge in [0.2, 0.25) is 0 Å². The molecule has 0 saturated carbocycles. The first-order valence-electron chi connectivity index (χ1n) is 9.27. The average molecular weight is 462 g/mol. The standard InChI is InChI=1S/C16H32O11P2/c1-4-7-8-13(5-2)11-24-12-14(17)15(9-10-25-16(18)6-3)26-29(22,23)27-28(19,20)21/h6,13-15,17H,3-5,7-12H2,1-2H3,(H,22,23)(H2,19,20,21). The Hall–Kier alpha value is -0.610. The molecule has 4 atom stereocenters. The van der Waals surface area contributed by atoms with Gasteiger partial charge in [-0.1, -0.05) is 39.7 Å². The van der Waals surface area contributed by atoms with Gasteiger partial charge < -0.3 is 29.3 Å². The Morgan fingerprint density at radius 2 is 1.79 bits per heavy atom. The summed E-state index contributed by atoms with van der Waals surface area (Å²) in [5.41, 5.74) is 0. The Balaban J connectivity index is 4.88. The molecule has 11 nitrogen and oxygen atoms in total. The van der Waals surface area contributed by atoms with E-state index in [0.29, 0.717) is 6.61 Å². The van der Waals surface area contributed by atoms with Gasteiger partial charge in [0.05, 0.1) is 13.2 Å². The van der Waals surface area contributed by atoms with Crippen molar-refractivity contribution in [2.45, 2.75) is 58.2 Å². The number of aliphatic hydroxyl groups is 1. The Morgan fingerprint density at radius 3 is 2.31 bits per heavy atom. The molecule has 0 spiro atoms. The zero-order chi connectivity index (χ0) is 22.5. The van der Waals surface area contributed by atoms with Gasteiger partial charge in [0.1, 0.15) is 12.2 Å². The quantitative estimate of drug-likeness (QED) is 0.142. The van der Waals surface area contributed by atoms with Crippen LogP contribution in [0.4, 0.5) is 0 Å². The number of carbonyl (C=O) groups excluding carboxylic acids is 1. The topological polar surface area (TPSA) is 169 Å². The second-order valence-corrected chi connectivity index (χ2v) is 9.15. The van der Waals surface area contributed by atoms with Crippen LogP contribution < -0.4 is 0 Å². The zero-order valence-corrected chi connectivity index (χ0v) is 18.5. The van der Waals surface area contributed by atoms with Gasteiger partial charge in [-0.25, -0.2) is 13.9 Å². The molecule has 0 fully saturated rings. The van der Waals surface area contributed by atoms with Crippen molar-refractivity contribution in [3.05, 3.63) is 12.7 Å². The van der Waals surface area contributed by atoms with Crippen LogP contribution in [0.2, 0.25) is 0 Å². The highest BCUT2D eigenvalue weighted by atomic mass is 31.3. The number of esters is 1. The minimum Gasteiger partial charge on any atom is -0.462 e. The third-order valence-corrected chi connectivity index (χ3v) is 6.12. The van der Waals surface area contributed by atoms with Gasteiger partial charge in [0.15, 0.2) is 0 Å². The molecule has 0 aliphatic carbocycles. The number of phosphoric acid groups is 2. The molecule has 0 heterocycles. The number of rotatable bonds is 17. The van der Waals surface area contributed by atoms with E-state index in [1.54, 1.807) is 0 Å². The van der Waals surface area contributed by atoms with Gasteiger partial charge in [-0.3, -0.25) is 4.52 Å². The van der Waals surface area contributed by atoms with Gasteiger partial charge in [-0.05, 0) is 12.3 Å². The zero-order valence-electron chi connectivity index (χ0n) is 16.7. The highest BCUT2D eigenvalue weighted by Gasteiger charge is 2.37. The fourth-order valence-corrected chi connectivity index (χ4v) is 4.15. The molecule has 0 rings (SSSR count). The summed E-state index contributed by atoms with van der Waals surface area (Å²) in [7, 11) is -10.5. The second kappa shape index (κ2) is 14.4. The van der Waals surface area contributed by atoms with E-state index in [0.717, 1.165) is 31.8 Å². The van der Waals surface area contributed by atoms with E-state index in [1.165, 1.54) is 0 Å². The molecule has 13 heteroatoms. The first-order valence-corrected chi connectivity index (χ1v) is 12.3. The molecule has 0 aliphatic rings. The number of aliphatic hydroxyl groups excluding tert-OH is 1. The Morgan fingerprint density at radius 1 is 1.14 bits per heavy atom. The Kier molecular flexibility index (Phi) is 14.1. The van der Waals surface area contributed by atoms with Crippen LogP contribution in [0, 0.1) is 5.92 Å². The number of hydrogen-bond acceptors (Lipinski definition) is 8. The van der Waals surface area contributed by atoms with Crippen molar-refractivity contribution >= 4 is 21.6 Å². The van der Waals surface area contributed by atoms with E-state index in [9.17, 15) is 23.9 Å². The highest BCUT2D eigenvalue weighted by molar-refractivity contribution is 7.60. The summed E-state index contributed by atoms with van der Waals surface area (Å²) in [6, 6.07) is 0. The molecule has 29 heavy (non-hydrogen) atoms. The van der Waals surface area contributed by atoms with Crippen molar-refractivity contribution < 1.29 is 52.0 Å². The van der Waals surface area contributed by atoms with Crippen molar-refractivity contribution in [1.29, 1.82) is 0 Å². The lowest BCUT2D eigenvalue weighted by Gasteiger charge is -2.25. The summed E-state index contributed by atoms with van der Waals surface area (Å²) in [6.07, 6.45) is 1.68. The monoisotopic (exact) mass is 462 g/mol. The minimum absolute atomic E-state index is 0.258. The summed E-state index contributed by atoms with van der Waals surface area (Å²) < 4.78 is 41.2. The lowest BCUT2D eigenvalue weighted by Crippen LogP contribution is -2.34. The summed E-state index contributed by atoms with van der Waals surface area (Å²) in [6.45, 7) is 7.09. The van der Waals surface area contributed by atoms with Crippen molar-refractivity contribution in [1.82, 2.24) is 0 Å². The van der Waals surface area contributed by atoms with Gasteiger partial charge in [-0.2, -0.15) is 4.31 Å². The maximum atomic E-state index is 11.8. The minimum atomic E-state index is -5.32. The molecule has 0 saturated heterocycles. The SMILES string of the molecule is C=CC(=O)OCCC(OP(=O)(O)OP(=O)(O)O)C(O)COCC(CC)CCCC. The number of unbranched alkanes of at least 4 members (excludes halogenated alkanes) is 1. The van der Waals surface area contributed by atoms with E-state index in [2.05, 4.69) is 22.3 Å². The van der Waals surface area contributed by atoms with E-state index < -0.39 is 33.8 Å². The lowest BCUT2D eigenvalue weighted by atomic mass is 10.0. The molecule has 0 aromatic carbocycles. The van der Waals surface area contributed by atoms with Gasteiger partial charge in [0, 0.05) is 19.1 Å². The van der Waals surface area contributed by atoms with Crippen LogP contribution >= 0.6 is 15.6 Å². The van der Waals surface area contributed by atoms with Crippen LogP contribution in [-0.4, -0.2) is 57.8 Å². The average Bonchev–Trinajstić information content (AvgIpc) is 2.61. The van der Waals surface area contributed by atoms with Crippen LogP contribution in [0.1, 0.15) is 46.0 Å². The predicted octanol–water partition coefficient (Wildman–Crippen LogP) is 2.29. The molecule has 0 aliphatic heterocycles. The van der Waals surface area contributed by atoms with E-state index in [-0.39, 0.29) is 25.6 Å². The Labute approximate surface area is 170 Å². The van der Waals surface area contributed by atoms with Crippen molar-refractivity contribution in [3.63, 3.8) is 0 Å². The van der Waals surface area contributed by atoms with Gasteiger partial charge >= 0.3 is 21.6 Å². The largest absolute Gasteiger partial charge is 0.481 e.